The van der Waals surface area contributed by atoms with E-state index in [1.54, 1.807) is 17.2 Å². The second-order valence-corrected chi connectivity index (χ2v) is 7.35. The molecule has 3 rings (SSSR count). The van der Waals surface area contributed by atoms with Crippen LogP contribution in [0.4, 0.5) is 10.5 Å². The predicted octanol–water partition coefficient (Wildman–Crippen LogP) is 2.46. The Kier molecular flexibility index (Phi) is 8.29. The highest BCUT2D eigenvalue weighted by Crippen LogP contribution is 2.12. The Morgan fingerprint density at radius 1 is 1.13 bits per heavy atom. The summed E-state index contributed by atoms with van der Waals surface area (Å²) in [4.78, 5) is 28.9. The van der Waals surface area contributed by atoms with Gasteiger partial charge in [-0.25, -0.2) is 4.79 Å². The molecule has 2 N–H and O–H groups in total. The number of benzene rings is 1. The maximum Gasteiger partial charge on any atom is 0.322 e. The quantitative estimate of drug-likeness (QED) is 0.658. The zero-order chi connectivity index (χ0) is 21.2. The number of nitrogens with one attached hydrogen (secondary N) is 2. The van der Waals surface area contributed by atoms with Crippen LogP contribution < -0.4 is 10.6 Å². The molecule has 1 aromatic carbocycles. The number of nitrogens with zero attached hydrogens (tertiary/aromatic N) is 2. The zero-order valence-electron chi connectivity index (χ0n) is 17.4. The monoisotopic (exact) mass is 414 g/mol. The number of hydrogen-bond acceptors (Lipinski definition) is 5. The Bertz CT molecular complexity index is 786. The van der Waals surface area contributed by atoms with Crippen LogP contribution in [-0.4, -0.2) is 67.7 Å². The molecule has 1 aliphatic heterocycles. The van der Waals surface area contributed by atoms with Crippen LogP contribution in [0.5, 0.6) is 0 Å². The molecule has 162 valence electrons. The lowest BCUT2D eigenvalue weighted by Crippen LogP contribution is -2.42. The summed E-state index contributed by atoms with van der Waals surface area (Å²) < 4.78 is 10.7. The molecule has 0 unspecified atom stereocenters. The first-order valence-corrected chi connectivity index (χ1v) is 10.3. The average Bonchev–Trinajstić information content (AvgIpc) is 3.27. The van der Waals surface area contributed by atoms with E-state index in [4.69, 9.17) is 9.15 Å². The van der Waals surface area contributed by atoms with Crippen molar-refractivity contribution >= 4 is 17.6 Å². The summed E-state index contributed by atoms with van der Waals surface area (Å²) in [5.74, 6) is 0.595. The van der Waals surface area contributed by atoms with Gasteiger partial charge in [-0.1, -0.05) is 17.7 Å². The molecule has 1 aromatic heterocycles. The molecule has 3 amide bonds. The molecule has 0 radical (unpaired) electrons. The maximum atomic E-state index is 12.8. The van der Waals surface area contributed by atoms with Gasteiger partial charge in [0.2, 0.25) is 5.91 Å². The van der Waals surface area contributed by atoms with Crippen molar-refractivity contribution in [2.24, 2.45) is 0 Å². The van der Waals surface area contributed by atoms with Crippen molar-refractivity contribution in [1.82, 2.24) is 15.1 Å². The third-order valence-corrected chi connectivity index (χ3v) is 4.98. The van der Waals surface area contributed by atoms with E-state index < -0.39 is 0 Å². The number of carbonyl (C=O) groups excluding carboxylic acids is 2. The van der Waals surface area contributed by atoms with Crippen molar-refractivity contribution in [3.63, 3.8) is 0 Å². The summed E-state index contributed by atoms with van der Waals surface area (Å²) >= 11 is 0. The Labute approximate surface area is 177 Å². The average molecular weight is 415 g/mol. The van der Waals surface area contributed by atoms with Crippen LogP contribution in [0.3, 0.4) is 0 Å². The number of hydrogen-bond donors (Lipinski definition) is 2. The number of aryl methyl sites for hydroxylation is 1. The van der Waals surface area contributed by atoms with E-state index in [2.05, 4.69) is 15.5 Å². The fourth-order valence-corrected chi connectivity index (χ4v) is 3.19. The molecule has 1 aliphatic rings. The van der Waals surface area contributed by atoms with Gasteiger partial charge in [0.15, 0.2) is 0 Å². The van der Waals surface area contributed by atoms with E-state index in [0.717, 1.165) is 38.4 Å². The summed E-state index contributed by atoms with van der Waals surface area (Å²) in [7, 11) is 0. The number of furan rings is 1. The molecule has 30 heavy (non-hydrogen) atoms. The van der Waals surface area contributed by atoms with E-state index in [1.165, 1.54) is 0 Å². The molecule has 0 spiro atoms. The highest BCUT2D eigenvalue weighted by Gasteiger charge is 2.17. The van der Waals surface area contributed by atoms with Gasteiger partial charge >= 0.3 is 6.03 Å². The lowest BCUT2D eigenvalue weighted by molar-refractivity contribution is -0.121. The van der Waals surface area contributed by atoms with Gasteiger partial charge in [-0.15, -0.1) is 0 Å². The van der Waals surface area contributed by atoms with Gasteiger partial charge in [0, 0.05) is 44.8 Å². The van der Waals surface area contributed by atoms with Crippen LogP contribution in [0.2, 0.25) is 0 Å². The zero-order valence-corrected chi connectivity index (χ0v) is 17.4. The van der Waals surface area contributed by atoms with Crippen molar-refractivity contribution in [3.05, 3.63) is 54.0 Å². The van der Waals surface area contributed by atoms with Crippen LogP contribution in [0.25, 0.3) is 0 Å². The van der Waals surface area contributed by atoms with Crippen LogP contribution >= 0.6 is 0 Å². The van der Waals surface area contributed by atoms with E-state index in [1.807, 2.05) is 37.3 Å². The van der Waals surface area contributed by atoms with E-state index >= 15 is 0 Å². The Balaban J connectivity index is 1.48. The van der Waals surface area contributed by atoms with Gasteiger partial charge in [-0.2, -0.15) is 0 Å². The second kappa shape index (κ2) is 11.4. The van der Waals surface area contributed by atoms with Crippen LogP contribution in [0.1, 0.15) is 17.7 Å². The molecule has 1 fully saturated rings. The van der Waals surface area contributed by atoms with Crippen molar-refractivity contribution in [3.8, 4) is 0 Å². The van der Waals surface area contributed by atoms with Gasteiger partial charge in [0.05, 0.1) is 26.0 Å². The summed E-state index contributed by atoms with van der Waals surface area (Å²) in [5, 5.41) is 5.82. The van der Waals surface area contributed by atoms with E-state index in [9.17, 15) is 9.59 Å². The van der Waals surface area contributed by atoms with Crippen LogP contribution in [0, 0.1) is 6.92 Å². The third kappa shape index (κ3) is 7.20. The first-order valence-electron chi connectivity index (χ1n) is 10.3. The van der Waals surface area contributed by atoms with E-state index in [-0.39, 0.29) is 18.4 Å². The fourth-order valence-electron chi connectivity index (χ4n) is 3.19. The number of morpholine rings is 1. The number of amides is 3. The minimum atomic E-state index is -0.267. The molecule has 1 saturated heterocycles. The number of urea groups is 1. The lowest BCUT2D eigenvalue weighted by atomic mass is 10.2. The Hall–Kier alpha value is -2.84. The van der Waals surface area contributed by atoms with E-state index in [0.29, 0.717) is 31.1 Å². The minimum Gasteiger partial charge on any atom is -0.467 e. The SMILES string of the molecule is Cc1ccc(NC(=O)N(CCC(=O)NCCN2CCOCC2)Cc2ccco2)cc1. The smallest absolute Gasteiger partial charge is 0.322 e. The van der Waals surface area contributed by atoms with Crippen molar-refractivity contribution < 1.29 is 18.7 Å². The number of anilines is 1. The topological polar surface area (TPSA) is 87.1 Å². The van der Waals surface area contributed by atoms with Crippen LogP contribution in [0.15, 0.2) is 47.1 Å². The van der Waals surface area contributed by atoms with Gasteiger partial charge in [0.1, 0.15) is 5.76 Å². The molecule has 0 bridgehead atoms. The molecule has 0 saturated carbocycles. The minimum absolute atomic E-state index is 0.0733. The molecule has 2 heterocycles. The molecular formula is C22H30N4O4. The van der Waals surface area contributed by atoms with Gasteiger partial charge < -0.3 is 24.7 Å². The summed E-state index contributed by atoms with van der Waals surface area (Å²) in [6, 6.07) is 10.9. The highest BCUT2D eigenvalue weighted by molar-refractivity contribution is 5.89. The number of ether oxygens (including phenoxy) is 1. The molecule has 8 heteroatoms. The Morgan fingerprint density at radius 3 is 2.60 bits per heavy atom. The largest absolute Gasteiger partial charge is 0.467 e. The second-order valence-electron chi connectivity index (χ2n) is 7.35. The molecule has 0 atom stereocenters. The summed E-state index contributed by atoms with van der Waals surface area (Å²) in [6.45, 7) is 7.25. The first kappa shape index (κ1) is 21.9. The molecule has 0 aliphatic carbocycles. The van der Waals surface area contributed by atoms with Gasteiger partial charge in [-0.3, -0.25) is 9.69 Å². The van der Waals surface area contributed by atoms with Crippen molar-refractivity contribution in [2.75, 3.05) is 51.3 Å². The standard InChI is InChI=1S/C22H30N4O4/c1-18-4-6-19(7-5-18)24-22(28)26(17-20-3-2-14-30-20)10-8-21(27)23-9-11-25-12-15-29-16-13-25/h2-7,14H,8-13,15-17H2,1H3,(H,23,27)(H,24,28). The lowest BCUT2D eigenvalue weighted by Gasteiger charge is -2.26. The van der Waals surface area contributed by atoms with Gasteiger partial charge in [-0.05, 0) is 31.2 Å². The van der Waals surface area contributed by atoms with Crippen molar-refractivity contribution in [1.29, 1.82) is 0 Å². The third-order valence-electron chi connectivity index (χ3n) is 4.98. The molecule has 8 nitrogen and oxygen atoms in total. The number of carbonyl (C=O) groups is 2. The highest BCUT2D eigenvalue weighted by atomic mass is 16.5. The first-order chi connectivity index (χ1) is 14.6. The summed E-state index contributed by atoms with van der Waals surface area (Å²) in [6.07, 6.45) is 1.80. The van der Waals surface area contributed by atoms with Gasteiger partial charge in [0.25, 0.3) is 0 Å². The molecule has 2 aromatic rings. The molecular weight excluding hydrogens is 384 g/mol. The Morgan fingerprint density at radius 2 is 1.90 bits per heavy atom. The fraction of sp³-hybridized carbons (Fsp3) is 0.455. The predicted molar refractivity (Wildman–Crippen MR) is 114 cm³/mol. The van der Waals surface area contributed by atoms with Crippen molar-refractivity contribution in [2.45, 2.75) is 19.9 Å². The maximum absolute atomic E-state index is 12.8. The normalized spacial score (nSPS) is 14.3. The number of rotatable bonds is 9. The van der Waals surface area contributed by atoms with Crippen LogP contribution in [-0.2, 0) is 16.1 Å². The summed E-state index contributed by atoms with van der Waals surface area (Å²) in [5.41, 5.74) is 1.83.